The van der Waals surface area contributed by atoms with Crippen molar-refractivity contribution >= 4 is 27.3 Å². The summed E-state index contributed by atoms with van der Waals surface area (Å²) < 4.78 is 6.89. The first-order valence-corrected chi connectivity index (χ1v) is 8.56. The molecule has 1 aliphatic rings. The Morgan fingerprint density at radius 2 is 2.25 bits per heavy atom. The lowest BCUT2D eigenvalue weighted by Crippen LogP contribution is -2.12. The third-order valence-corrected chi connectivity index (χ3v) is 5.48. The molecule has 0 spiro atoms. The van der Waals surface area contributed by atoms with Crippen molar-refractivity contribution in [2.75, 3.05) is 6.61 Å². The Kier molecular flexibility index (Phi) is 4.15. The number of benzene rings is 1. The highest BCUT2D eigenvalue weighted by atomic mass is 79.9. The highest BCUT2D eigenvalue weighted by Crippen LogP contribution is 2.35. The van der Waals surface area contributed by atoms with Crippen LogP contribution in [0.1, 0.15) is 33.8 Å². The summed E-state index contributed by atoms with van der Waals surface area (Å²) in [4.78, 5) is 2.65. The number of ether oxygens (including phenoxy) is 1. The molecule has 0 saturated carbocycles. The second-order valence-electron chi connectivity index (χ2n) is 5.12. The number of nitrogens with two attached hydrogens (primary N) is 1. The molecular weight excluding hydrogens is 334 g/mol. The van der Waals surface area contributed by atoms with E-state index in [0.29, 0.717) is 0 Å². The molecule has 1 aromatic carbocycles. The molecule has 106 valence electrons. The van der Waals surface area contributed by atoms with Crippen LogP contribution in [-0.4, -0.2) is 6.61 Å². The number of rotatable bonds is 4. The second-order valence-corrected chi connectivity index (χ2v) is 7.24. The van der Waals surface area contributed by atoms with Crippen molar-refractivity contribution in [2.24, 2.45) is 5.73 Å². The number of hydrogen-bond acceptors (Lipinski definition) is 3. The minimum Gasteiger partial charge on any atom is -0.493 e. The van der Waals surface area contributed by atoms with Crippen LogP contribution < -0.4 is 10.5 Å². The molecule has 20 heavy (non-hydrogen) atoms. The Bertz CT molecular complexity index is 623. The summed E-state index contributed by atoms with van der Waals surface area (Å²) in [6.45, 7) is 2.96. The van der Waals surface area contributed by atoms with Crippen LogP contribution in [0, 0.1) is 0 Å². The fraction of sp³-hybridized carbons (Fsp3) is 0.375. The normalized spacial score (nSPS) is 14.9. The molecule has 2 heterocycles. The van der Waals surface area contributed by atoms with Crippen LogP contribution in [0.3, 0.4) is 0 Å². The SMILES string of the molecule is CCc1ccc(C(N)Cc2cc(Br)cc3c2OCC3)s1. The minimum absolute atomic E-state index is 0.0444. The maximum absolute atomic E-state index is 6.38. The molecule has 4 heteroatoms. The van der Waals surface area contributed by atoms with Gasteiger partial charge in [0.1, 0.15) is 5.75 Å². The van der Waals surface area contributed by atoms with E-state index in [1.165, 1.54) is 20.9 Å². The molecule has 0 bridgehead atoms. The van der Waals surface area contributed by atoms with Gasteiger partial charge in [-0.25, -0.2) is 0 Å². The monoisotopic (exact) mass is 351 g/mol. The average molecular weight is 352 g/mol. The standard InChI is InChI=1S/C16H18BrNOS/c1-2-13-3-4-15(20-13)14(18)9-11-8-12(17)7-10-5-6-19-16(10)11/h3-4,7-8,14H,2,5-6,9,18H2,1H3. The van der Waals surface area contributed by atoms with E-state index in [0.717, 1.165) is 36.1 Å². The van der Waals surface area contributed by atoms with Gasteiger partial charge in [0, 0.05) is 26.7 Å². The van der Waals surface area contributed by atoms with E-state index in [2.05, 4.69) is 47.1 Å². The minimum atomic E-state index is 0.0444. The van der Waals surface area contributed by atoms with Gasteiger partial charge in [-0.3, -0.25) is 0 Å². The van der Waals surface area contributed by atoms with Gasteiger partial charge in [-0.15, -0.1) is 11.3 Å². The summed E-state index contributed by atoms with van der Waals surface area (Å²) in [5.41, 5.74) is 8.89. The Hall–Kier alpha value is -0.840. The van der Waals surface area contributed by atoms with Crippen molar-refractivity contribution in [1.29, 1.82) is 0 Å². The molecule has 2 N–H and O–H groups in total. The highest BCUT2D eigenvalue weighted by molar-refractivity contribution is 9.10. The Labute approximate surface area is 132 Å². The van der Waals surface area contributed by atoms with Gasteiger partial charge in [0.25, 0.3) is 0 Å². The molecule has 1 unspecified atom stereocenters. The molecule has 0 amide bonds. The number of halogens is 1. The van der Waals surface area contributed by atoms with Crippen LogP contribution in [0.4, 0.5) is 0 Å². The van der Waals surface area contributed by atoms with Gasteiger partial charge in [-0.1, -0.05) is 22.9 Å². The molecular formula is C16H18BrNOS. The summed E-state index contributed by atoms with van der Waals surface area (Å²) in [5, 5.41) is 0. The lowest BCUT2D eigenvalue weighted by molar-refractivity contribution is 0.352. The van der Waals surface area contributed by atoms with Crippen LogP contribution in [0.2, 0.25) is 0 Å². The van der Waals surface area contributed by atoms with Crippen LogP contribution in [0.5, 0.6) is 5.75 Å². The molecule has 0 radical (unpaired) electrons. The maximum Gasteiger partial charge on any atom is 0.125 e. The molecule has 2 nitrogen and oxygen atoms in total. The van der Waals surface area contributed by atoms with Crippen LogP contribution in [0.25, 0.3) is 0 Å². The first-order valence-electron chi connectivity index (χ1n) is 6.95. The van der Waals surface area contributed by atoms with E-state index >= 15 is 0 Å². The van der Waals surface area contributed by atoms with Gasteiger partial charge >= 0.3 is 0 Å². The van der Waals surface area contributed by atoms with E-state index < -0.39 is 0 Å². The Balaban J connectivity index is 1.84. The second kappa shape index (κ2) is 5.88. The molecule has 0 saturated heterocycles. The lowest BCUT2D eigenvalue weighted by atomic mass is 10.0. The van der Waals surface area contributed by atoms with Gasteiger partial charge < -0.3 is 10.5 Å². The number of thiophene rings is 1. The van der Waals surface area contributed by atoms with Crippen molar-refractivity contribution in [3.8, 4) is 5.75 Å². The zero-order valence-corrected chi connectivity index (χ0v) is 13.9. The van der Waals surface area contributed by atoms with Crippen LogP contribution in [0.15, 0.2) is 28.7 Å². The smallest absolute Gasteiger partial charge is 0.125 e. The van der Waals surface area contributed by atoms with E-state index in [9.17, 15) is 0 Å². The topological polar surface area (TPSA) is 35.2 Å². The average Bonchev–Trinajstić information content (AvgIpc) is 3.06. The van der Waals surface area contributed by atoms with E-state index in [-0.39, 0.29) is 6.04 Å². The predicted octanol–water partition coefficient (Wildman–Crippen LogP) is 4.25. The van der Waals surface area contributed by atoms with E-state index in [1.807, 2.05) is 11.3 Å². The van der Waals surface area contributed by atoms with Gasteiger partial charge in [-0.2, -0.15) is 0 Å². The van der Waals surface area contributed by atoms with Gasteiger partial charge in [-0.05, 0) is 48.2 Å². The molecule has 1 aliphatic heterocycles. The molecule has 0 aliphatic carbocycles. The van der Waals surface area contributed by atoms with Crippen molar-refractivity contribution in [2.45, 2.75) is 32.2 Å². The summed E-state index contributed by atoms with van der Waals surface area (Å²) in [6.07, 6.45) is 2.90. The number of fused-ring (bicyclic) bond motifs is 1. The zero-order valence-electron chi connectivity index (χ0n) is 11.5. The van der Waals surface area contributed by atoms with E-state index in [1.54, 1.807) is 0 Å². The summed E-state index contributed by atoms with van der Waals surface area (Å²) in [5.74, 6) is 1.05. The fourth-order valence-corrected chi connectivity index (χ4v) is 4.13. The quantitative estimate of drug-likeness (QED) is 0.893. The fourth-order valence-electron chi connectivity index (χ4n) is 2.62. The molecule has 1 aromatic heterocycles. The maximum atomic E-state index is 6.38. The first-order chi connectivity index (χ1) is 9.67. The largest absolute Gasteiger partial charge is 0.493 e. The summed E-state index contributed by atoms with van der Waals surface area (Å²) >= 11 is 5.40. The van der Waals surface area contributed by atoms with Gasteiger partial charge in [0.2, 0.25) is 0 Å². The number of hydrogen-bond donors (Lipinski definition) is 1. The van der Waals surface area contributed by atoms with Gasteiger partial charge in [0.05, 0.1) is 6.61 Å². The molecule has 2 aromatic rings. The zero-order chi connectivity index (χ0) is 14.1. The number of aryl methyl sites for hydroxylation is 1. The third-order valence-electron chi connectivity index (χ3n) is 3.66. The lowest BCUT2D eigenvalue weighted by Gasteiger charge is -2.13. The summed E-state index contributed by atoms with van der Waals surface area (Å²) in [6, 6.07) is 8.67. The highest BCUT2D eigenvalue weighted by Gasteiger charge is 2.20. The van der Waals surface area contributed by atoms with Gasteiger partial charge in [0.15, 0.2) is 0 Å². The molecule has 3 rings (SSSR count). The summed E-state index contributed by atoms with van der Waals surface area (Å²) in [7, 11) is 0. The Morgan fingerprint density at radius 1 is 1.40 bits per heavy atom. The van der Waals surface area contributed by atoms with Crippen LogP contribution in [-0.2, 0) is 19.3 Å². The predicted molar refractivity (Wildman–Crippen MR) is 87.7 cm³/mol. The van der Waals surface area contributed by atoms with E-state index in [4.69, 9.17) is 10.5 Å². The van der Waals surface area contributed by atoms with Crippen molar-refractivity contribution in [3.63, 3.8) is 0 Å². The van der Waals surface area contributed by atoms with Crippen molar-refractivity contribution in [1.82, 2.24) is 0 Å². The molecule has 1 atom stereocenters. The molecule has 0 fully saturated rings. The first kappa shape index (κ1) is 14.1. The van der Waals surface area contributed by atoms with Crippen molar-refractivity contribution < 1.29 is 4.74 Å². The third kappa shape index (κ3) is 2.78. The Morgan fingerprint density at radius 3 is 3.00 bits per heavy atom. The van der Waals surface area contributed by atoms with Crippen LogP contribution >= 0.6 is 27.3 Å². The van der Waals surface area contributed by atoms with Crippen molar-refractivity contribution in [3.05, 3.63) is 49.6 Å².